The number of rotatable bonds is 4. The van der Waals surface area contributed by atoms with E-state index in [4.69, 9.17) is 4.55 Å². The number of hydrogen-bond donors (Lipinski definition) is 2. The molecule has 8 heteroatoms. The van der Waals surface area contributed by atoms with E-state index in [2.05, 4.69) is 4.98 Å². The SMILES string of the molecule is CCCCn1c(=O)[nH]c2c(S(=O)(=O)O)cccc2c1=O. The summed E-state index contributed by atoms with van der Waals surface area (Å²) in [5, 5.41) is 0.0517. The van der Waals surface area contributed by atoms with Crippen LogP contribution < -0.4 is 11.2 Å². The molecule has 0 aliphatic heterocycles. The van der Waals surface area contributed by atoms with Crippen molar-refractivity contribution in [2.24, 2.45) is 0 Å². The van der Waals surface area contributed by atoms with Crippen LogP contribution in [0.2, 0.25) is 0 Å². The highest BCUT2D eigenvalue weighted by atomic mass is 32.2. The van der Waals surface area contributed by atoms with Crippen molar-refractivity contribution in [3.8, 4) is 0 Å². The van der Waals surface area contributed by atoms with Gasteiger partial charge in [0, 0.05) is 6.54 Å². The number of fused-ring (bicyclic) bond motifs is 1. The van der Waals surface area contributed by atoms with Crippen molar-refractivity contribution < 1.29 is 13.0 Å². The monoisotopic (exact) mass is 298 g/mol. The summed E-state index contributed by atoms with van der Waals surface area (Å²) in [5.41, 5.74) is -1.42. The number of aromatic nitrogens is 2. The first-order chi connectivity index (χ1) is 9.36. The summed E-state index contributed by atoms with van der Waals surface area (Å²) in [6, 6.07) is 3.88. The minimum Gasteiger partial charge on any atom is -0.305 e. The van der Waals surface area contributed by atoms with Crippen molar-refractivity contribution in [2.75, 3.05) is 0 Å². The largest absolute Gasteiger partial charge is 0.328 e. The van der Waals surface area contributed by atoms with E-state index in [1.807, 2.05) is 6.92 Å². The Kier molecular flexibility index (Phi) is 3.78. The van der Waals surface area contributed by atoms with Crippen LogP contribution in [-0.4, -0.2) is 22.5 Å². The molecule has 0 saturated carbocycles. The first-order valence-electron chi connectivity index (χ1n) is 6.09. The Bertz CT molecular complexity index is 864. The Balaban J connectivity index is 2.84. The molecule has 20 heavy (non-hydrogen) atoms. The van der Waals surface area contributed by atoms with Gasteiger partial charge >= 0.3 is 5.69 Å². The van der Waals surface area contributed by atoms with E-state index in [-0.39, 0.29) is 17.4 Å². The molecule has 0 aliphatic rings. The van der Waals surface area contributed by atoms with Crippen molar-refractivity contribution >= 4 is 21.0 Å². The number of para-hydroxylation sites is 1. The quantitative estimate of drug-likeness (QED) is 0.809. The molecule has 2 rings (SSSR count). The predicted molar refractivity (Wildman–Crippen MR) is 73.6 cm³/mol. The molecular weight excluding hydrogens is 284 g/mol. The fourth-order valence-electron chi connectivity index (χ4n) is 1.98. The van der Waals surface area contributed by atoms with Crippen LogP contribution in [0.15, 0.2) is 32.7 Å². The number of H-pyrrole nitrogens is 1. The Labute approximate surface area is 114 Å². The van der Waals surface area contributed by atoms with Crippen molar-refractivity contribution in [3.05, 3.63) is 39.0 Å². The van der Waals surface area contributed by atoms with Gasteiger partial charge in [0.2, 0.25) is 0 Å². The number of benzene rings is 1. The lowest BCUT2D eigenvalue weighted by Gasteiger charge is -2.07. The molecule has 0 spiro atoms. The third-order valence-electron chi connectivity index (χ3n) is 2.99. The summed E-state index contributed by atoms with van der Waals surface area (Å²) in [6.45, 7) is 2.19. The van der Waals surface area contributed by atoms with E-state index < -0.39 is 26.3 Å². The topological polar surface area (TPSA) is 109 Å². The highest BCUT2D eigenvalue weighted by Crippen LogP contribution is 2.17. The van der Waals surface area contributed by atoms with E-state index in [1.165, 1.54) is 12.1 Å². The van der Waals surface area contributed by atoms with E-state index in [9.17, 15) is 18.0 Å². The smallest absolute Gasteiger partial charge is 0.305 e. The standard InChI is InChI=1S/C12H14N2O5S/c1-2-3-7-14-11(15)8-5-4-6-9(20(17,18)19)10(8)13-12(14)16/h4-6H,2-3,7H2,1H3,(H,13,16)(H,17,18,19). The zero-order valence-electron chi connectivity index (χ0n) is 10.8. The van der Waals surface area contributed by atoms with Gasteiger partial charge in [-0.2, -0.15) is 8.42 Å². The predicted octanol–water partition coefficient (Wildman–Crippen LogP) is 0.737. The third kappa shape index (κ3) is 2.52. The molecule has 1 heterocycles. The van der Waals surface area contributed by atoms with Crippen LogP contribution in [0.3, 0.4) is 0 Å². The van der Waals surface area contributed by atoms with Crippen LogP contribution in [0.4, 0.5) is 0 Å². The molecule has 2 N–H and O–H groups in total. The highest BCUT2D eigenvalue weighted by molar-refractivity contribution is 7.86. The molecule has 0 aliphatic carbocycles. The lowest BCUT2D eigenvalue weighted by molar-refractivity contribution is 0.484. The zero-order chi connectivity index (χ0) is 14.9. The van der Waals surface area contributed by atoms with Gasteiger partial charge in [-0.15, -0.1) is 0 Å². The maximum absolute atomic E-state index is 12.2. The second-order valence-electron chi connectivity index (χ2n) is 4.39. The van der Waals surface area contributed by atoms with Gasteiger partial charge in [0.25, 0.3) is 15.7 Å². The molecule has 2 aromatic rings. The van der Waals surface area contributed by atoms with Gasteiger partial charge in [-0.25, -0.2) is 4.79 Å². The number of nitrogens with zero attached hydrogens (tertiary/aromatic N) is 1. The second-order valence-corrected chi connectivity index (χ2v) is 5.78. The van der Waals surface area contributed by atoms with Crippen molar-refractivity contribution in [2.45, 2.75) is 31.2 Å². The number of unbranched alkanes of at least 4 members (excludes halogenated alkanes) is 1. The number of aromatic amines is 1. The van der Waals surface area contributed by atoms with Gasteiger partial charge in [0.1, 0.15) is 4.90 Å². The van der Waals surface area contributed by atoms with E-state index in [0.29, 0.717) is 6.42 Å². The Hall–Kier alpha value is -1.93. The minimum atomic E-state index is -4.51. The van der Waals surface area contributed by atoms with Gasteiger partial charge in [0.05, 0.1) is 10.9 Å². The Morgan fingerprint density at radius 1 is 1.30 bits per heavy atom. The maximum Gasteiger partial charge on any atom is 0.328 e. The van der Waals surface area contributed by atoms with Gasteiger partial charge < -0.3 is 4.98 Å². The lowest BCUT2D eigenvalue weighted by atomic mass is 10.2. The average Bonchev–Trinajstić information content (AvgIpc) is 2.37. The Morgan fingerprint density at radius 2 is 2.00 bits per heavy atom. The molecule has 0 atom stereocenters. The van der Waals surface area contributed by atoms with Crippen LogP contribution >= 0.6 is 0 Å². The van der Waals surface area contributed by atoms with Crippen molar-refractivity contribution in [1.82, 2.24) is 9.55 Å². The maximum atomic E-state index is 12.2. The van der Waals surface area contributed by atoms with Crippen LogP contribution in [0.25, 0.3) is 10.9 Å². The molecule has 0 unspecified atom stereocenters. The normalized spacial score (nSPS) is 11.9. The fourth-order valence-corrected chi connectivity index (χ4v) is 2.65. The average molecular weight is 298 g/mol. The summed E-state index contributed by atoms with van der Waals surface area (Å²) in [7, 11) is -4.51. The number of hydrogen-bond acceptors (Lipinski definition) is 4. The minimum absolute atomic E-state index is 0.0517. The molecule has 1 aromatic heterocycles. The molecule has 0 amide bonds. The fraction of sp³-hybridized carbons (Fsp3) is 0.333. The van der Waals surface area contributed by atoms with Gasteiger partial charge in [-0.05, 0) is 18.6 Å². The zero-order valence-corrected chi connectivity index (χ0v) is 11.6. The first-order valence-corrected chi connectivity index (χ1v) is 7.53. The summed E-state index contributed by atoms with van der Waals surface area (Å²) < 4.78 is 32.7. The summed E-state index contributed by atoms with van der Waals surface area (Å²) in [6.07, 6.45) is 1.47. The third-order valence-corrected chi connectivity index (χ3v) is 3.89. The molecule has 1 aromatic carbocycles. The van der Waals surface area contributed by atoms with Crippen molar-refractivity contribution in [3.63, 3.8) is 0 Å². The van der Waals surface area contributed by atoms with E-state index in [0.717, 1.165) is 17.1 Å². The molecular formula is C12H14N2O5S. The second kappa shape index (κ2) is 5.22. The van der Waals surface area contributed by atoms with Gasteiger partial charge in [-0.3, -0.25) is 13.9 Å². The highest BCUT2D eigenvalue weighted by Gasteiger charge is 2.17. The van der Waals surface area contributed by atoms with Crippen LogP contribution in [0, 0.1) is 0 Å². The van der Waals surface area contributed by atoms with Crippen molar-refractivity contribution in [1.29, 1.82) is 0 Å². The van der Waals surface area contributed by atoms with Crippen LogP contribution in [0.5, 0.6) is 0 Å². The summed E-state index contributed by atoms with van der Waals surface area (Å²) in [5.74, 6) is 0. The molecule has 108 valence electrons. The summed E-state index contributed by atoms with van der Waals surface area (Å²) in [4.78, 5) is 25.9. The van der Waals surface area contributed by atoms with E-state index >= 15 is 0 Å². The first kappa shape index (κ1) is 14.5. The molecule has 0 fully saturated rings. The molecule has 0 radical (unpaired) electrons. The van der Waals surface area contributed by atoms with Crippen LogP contribution in [-0.2, 0) is 16.7 Å². The lowest BCUT2D eigenvalue weighted by Crippen LogP contribution is -2.35. The summed E-state index contributed by atoms with van der Waals surface area (Å²) >= 11 is 0. The van der Waals surface area contributed by atoms with Crippen LogP contribution in [0.1, 0.15) is 19.8 Å². The molecule has 7 nitrogen and oxygen atoms in total. The molecule has 0 bridgehead atoms. The Morgan fingerprint density at radius 3 is 2.60 bits per heavy atom. The van der Waals surface area contributed by atoms with E-state index in [1.54, 1.807) is 0 Å². The van der Waals surface area contributed by atoms with Gasteiger partial charge in [-0.1, -0.05) is 19.4 Å². The number of nitrogens with one attached hydrogen (secondary N) is 1. The molecule has 0 saturated heterocycles. The van der Waals surface area contributed by atoms with Gasteiger partial charge in [0.15, 0.2) is 0 Å².